The molecule has 38 heavy (non-hydrogen) atoms. The van der Waals surface area contributed by atoms with E-state index in [2.05, 4.69) is 15.6 Å². The van der Waals surface area contributed by atoms with Crippen LogP contribution >= 0.6 is 0 Å². The van der Waals surface area contributed by atoms with Crippen LogP contribution in [0.25, 0.3) is 0 Å². The van der Waals surface area contributed by atoms with Gasteiger partial charge in [-0.2, -0.15) is 13.2 Å². The first-order valence-electron chi connectivity index (χ1n) is 12.2. The first-order chi connectivity index (χ1) is 18.2. The summed E-state index contributed by atoms with van der Waals surface area (Å²) in [7, 11) is 0. The predicted octanol–water partition coefficient (Wildman–Crippen LogP) is 4.96. The van der Waals surface area contributed by atoms with Crippen molar-refractivity contribution in [3.8, 4) is 0 Å². The van der Waals surface area contributed by atoms with E-state index in [0.717, 1.165) is 17.3 Å². The number of aromatic nitrogens is 1. The Morgan fingerprint density at radius 3 is 2.29 bits per heavy atom. The zero-order chi connectivity index (χ0) is 27.1. The van der Waals surface area contributed by atoms with Gasteiger partial charge in [0.05, 0.1) is 23.0 Å². The smallest absolute Gasteiger partial charge is 0.367 e. The fraction of sp³-hybridized carbons (Fsp3) is 0.296. The van der Waals surface area contributed by atoms with E-state index in [4.69, 9.17) is 0 Å². The Labute approximate surface area is 217 Å². The van der Waals surface area contributed by atoms with Crippen molar-refractivity contribution < 1.29 is 27.2 Å². The third-order valence-corrected chi connectivity index (χ3v) is 6.23. The van der Waals surface area contributed by atoms with Crippen LogP contribution in [0.3, 0.4) is 0 Å². The molecule has 3 amide bonds. The van der Waals surface area contributed by atoms with Crippen LogP contribution in [0.4, 0.5) is 33.9 Å². The highest BCUT2D eigenvalue weighted by atomic mass is 19.4. The second kappa shape index (κ2) is 11.9. The monoisotopic (exact) mass is 529 g/mol. The molecule has 3 aromatic rings. The van der Waals surface area contributed by atoms with Crippen LogP contribution in [0.1, 0.15) is 27.9 Å². The average Bonchev–Trinajstić information content (AvgIpc) is 2.92. The number of rotatable bonds is 7. The van der Waals surface area contributed by atoms with E-state index in [0.29, 0.717) is 38.3 Å². The number of amides is 3. The fourth-order valence-corrected chi connectivity index (χ4v) is 4.21. The maximum absolute atomic E-state index is 13.3. The van der Waals surface area contributed by atoms with Gasteiger partial charge in [-0.1, -0.05) is 24.3 Å². The second-order valence-electron chi connectivity index (χ2n) is 8.84. The summed E-state index contributed by atoms with van der Waals surface area (Å²) in [4.78, 5) is 32.6. The van der Waals surface area contributed by atoms with Crippen molar-refractivity contribution in [3.05, 3.63) is 89.4 Å². The molecule has 1 aromatic heterocycles. The molecule has 7 nitrogen and oxygen atoms in total. The molecule has 1 fully saturated rings. The molecule has 2 N–H and O–H groups in total. The maximum Gasteiger partial charge on any atom is 0.417 e. The molecule has 0 spiro atoms. The van der Waals surface area contributed by atoms with E-state index in [9.17, 15) is 27.2 Å². The highest BCUT2D eigenvalue weighted by Gasteiger charge is 2.36. The topological polar surface area (TPSA) is 77.6 Å². The van der Waals surface area contributed by atoms with Gasteiger partial charge in [-0.05, 0) is 54.8 Å². The molecule has 0 saturated carbocycles. The molecular weight excluding hydrogens is 502 g/mol. The van der Waals surface area contributed by atoms with Gasteiger partial charge < -0.3 is 15.1 Å². The van der Waals surface area contributed by atoms with Crippen molar-refractivity contribution in [2.24, 2.45) is 0 Å². The maximum atomic E-state index is 13.3. The Bertz CT molecular complexity index is 1240. The van der Waals surface area contributed by atoms with Crippen molar-refractivity contribution in [1.82, 2.24) is 15.2 Å². The molecule has 200 valence electrons. The summed E-state index contributed by atoms with van der Waals surface area (Å²) in [5.74, 6) is -0.561. The summed E-state index contributed by atoms with van der Waals surface area (Å²) < 4.78 is 52.8. The lowest BCUT2D eigenvalue weighted by Gasteiger charge is -2.36. The number of hydrogen-bond donors (Lipinski definition) is 2. The highest BCUT2D eigenvalue weighted by Crippen LogP contribution is 2.32. The van der Waals surface area contributed by atoms with Crippen LogP contribution in [0.5, 0.6) is 0 Å². The summed E-state index contributed by atoms with van der Waals surface area (Å²) in [6, 6.07) is 14.1. The second-order valence-corrected chi connectivity index (χ2v) is 8.84. The number of alkyl halides is 3. The van der Waals surface area contributed by atoms with E-state index >= 15 is 0 Å². The molecule has 1 saturated heterocycles. The molecule has 0 aliphatic carbocycles. The number of halogens is 4. The van der Waals surface area contributed by atoms with Gasteiger partial charge in [0.15, 0.2) is 0 Å². The minimum atomic E-state index is -4.60. The minimum Gasteiger partial charge on any atom is -0.367 e. The molecule has 1 aliphatic rings. The largest absolute Gasteiger partial charge is 0.417 e. The third-order valence-electron chi connectivity index (χ3n) is 6.23. The van der Waals surface area contributed by atoms with Crippen molar-refractivity contribution in [1.29, 1.82) is 0 Å². The first-order valence-corrected chi connectivity index (χ1v) is 12.2. The molecule has 0 bridgehead atoms. The van der Waals surface area contributed by atoms with Crippen LogP contribution in [-0.4, -0.2) is 54.5 Å². The molecule has 0 atom stereocenters. The Hall–Kier alpha value is -4.15. The summed E-state index contributed by atoms with van der Waals surface area (Å²) in [5, 5.41) is 5.41. The Morgan fingerprint density at radius 2 is 1.63 bits per heavy atom. The summed E-state index contributed by atoms with van der Waals surface area (Å²) in [6.45, 7) is 1.85. The van der Waals surface area contributed by atoms with Crippen LogP contribution in [0.15, 0.2) is 66.9 Å². The quantitative estimate of drug-likeness (QED) is 0.335. The Balaban J connectivity index is 1.22. The Kier molecular flexibility index (Phi) is 8.45. The summed E-state index contributed by atoms with van der Waals surface area (Å²) in [5.41, 5.74) is 0.483. The van der Waals surface area contributed by atoms with Gasteiger partial charge in [-0.15, -0.1) is 0 Å². The van der Waals surface area contributed by atoms with E-state index in [1.165, 1.54) is 35.2 Å². The number of aryl methyl sites for hydroxylation is 1. The average molecular weight is 530 g/mol. The number of benzene rings is 2. The number of piperazine rings is 1. The van der Waals surface area contributed by atoms with Gasteiger partial charge in [0, 0.05) is 32.7 Å². The van der Waals surface area contributed by atoms with Crippen molar-refractivity contribution in [2.75, 3.05) is 42.9 Å². The zero-order valence-corrected chi connectivity index (χ0v) is 20.5. The molecule has 11 heteroatoms. The van der Waals surface area contributed by atoms with E-state index in [1.54, 1.807) is 30.5 Å². The number of urea groups is 1. The number of carbonyl (C=O) groups is 2. The number of nitrogens with one attached hydrogen (secondary N) is 2. The van der Waals surface area contributed by atoms with Crippen LogP contribution in [-0.2, 0) is 12.6 Å². The number of nitrogens with zero attached hydrogens (tertiary/aromatic N) is 3. The van der Waals surface area contributed by atoms with Gasteiger partial charge in [0.1, 0.15) is 11.6 Å². The standard InChI is InChI=1S/C27H27F4N5O2/c28-20-9-7-19(8-10-20)4-3-13-32-26(38)34-24-12-11-21(18-33-24)35-14-16-36(17-15-35)25(37)22-5-1-2-6-23(22)27(29,30)31/h1-2,5-12,18H,3-4,13-17H2,(H2,32,33,34,38). The molecule has 1 aliphatic heterocycles. The lowest BCUT2D eigenvalue weighted by atomic mass is 10.1. The number of anilines is 2. The van der Waals surface area contributed by atoms with Crippen LogP contribution in [0, 0.1) is 5.82 Å². The minimum absolute atomic E-state index is 0.269. The van der Waals surface area contributed by atoms with Crippen molar-refractivity contribution >= 4 is 23.4 Å². The van der Waals surface area contributed by atoms with Gasteiger partial charge in [-0.25, -0.2) is 14.2 Å². The summed E-state index contributed by atoms with van der Waals surface area (Å²) >= 11 is 0. The van der Waals surface area contributed by atoms with Gasteiger partial charge in [0.25, 0.3) is 5.91 Å². The number of hydrogen-bond acceptors (Lipinski definition) is 4. The Morgan fingerprint density at radius 1 is 0.921 bits per heavy atom. The predicted molar refractivity (Wildman–Crippen MR) is 136 cm³/mol. The lowest BCUT2D eigenvalue weighted by molar-refractivity contribution is -0.138. The van der Waals surface area contributed by atoms with Crippen molar-refractivity contribution in [3.63, 3.8) is 0 Å². The fourth-order valence-electron chi connectivity index (χ4n) is 4.21. The summed E-state index contributed by atoms with van der Waals surface area (Å²) in [6.07, 6.45) is -1.60. The van der Waals surface area contributed by atoms with Gasteiger partial charge in [-0.3, -0.25) is 10.1 Å². The molecule has 2 aromatic carbocycles. The molecule has 4 rings (SSSR count). The van der Waals surface area contributed by atoms with E-state index in [-0.39, 0.29) is 24.5 Å². The lowest BCUT2D eigenvalue weighted by Crippen LogP contribution is -2.49. The van der Waals surface area contributed by atoms with Crippen LogP contribution in [0.2, 0.25) is 0 Å². The molecule has 0 radical (unpaired) electrons. The zero-order valence-electron chi connectivity index (χ0n) is 20.5. The number of pyridine rings is 1. The SMILES string of the molecule is O=C(NCCCc1ccc(F)cc1)Nc1ccc(N2CCN(C(=O)c3ccccc3C(F)(F)F)CC2)cn1. The third kappa shape index (κ3) is 6.99. The highest BCUT2D eigenvalue weighted by molar-refractivity contribution is 5.96. The van der Waals surface area contributed by atoms with Gasteiger partial charge >= 0.3 is 12.2 Å². The molecule has 2 heterocycles. The van der Waals surface area contributed by atoms with Crippen molar-refractivity contribution in [2.45, 2.75) is 19.0 Å². The first kappa shape index (κ1) is 26.9. The normalized spacial score (nSPS) is 13.8. The van der Waals surface area contributed by atoms with Gasteiger partial charge in [0.2, 0.25) is 0 Å². The van der Waals surface area contributed by atoms with Crippen LogP contribution < -0.4 is 15.5 Å². The molecule has 0 unspecified atom stereocenters. The van der Waals surface area contributed by atoms with E-state index in [1.807, 2.05) is 4.90 Å². The molecular formula is C27H27F4N5O2. The number of carbonyl (C=O) groups excluding carboxylic acids is 2. The van der Waals surface area contributed by atoms with E-state index < -0.39 is 23.7 Å².